The van der Waals surface area contributed by atoms with Gasteiger partial charge in [-0.05, 0) is 18.1 Å². The lowest BCUT2D eigenvalue weighted by molar-refractivity contribution is 0.0582. The molecule has 25 heavy (non-hydrogen) atoms. The Morgan fingerprint density at radius 1 is 1.28 bits per heavy atom. The maximum atomic E-state index is 11.6. The van der Waals surface area contributed by atoms with Crippen LogP contribution in [0.25, 0.3) is 6.08 Å². The van der Waals surface area contributed by atoms with E-state index in [4.69, 9.17) is 4.74 Å². The molecule has 2 aromatic rings. The molecule has 0 bridgehead atoms. The van der Waals surface area contributed by atoms with E-state index >= 15 is 0 Å². The van der Waals surface area contributed by atoms with Crippen molar-refractivity contribution in [1.29, 1.82) is 0 Å². The maximum absolute atomic E-state index is 11.6. The van der Waals surface area contributed by atoms with Crippen molar-refractivity contribution in [2.45, 2.75) is 13.0 Å². The third kappa shape index (κ3) is 5.80. The highest BCUT2D eigenvalue weighted by Crippen LogP contribution is 2.05. The summed E-state index contributed by atoms with van der Waals surface area (Å²) in [6, 6.07) is 9.48. The molecular formula is C18H21N3O4. The van der Waals surface area contributed by atoms with E-state index in [0.717, 1.165) is 5.56 Å². The van der Waals surface area contributed by atoms with E-state index in [2.05, 4.69) is 15.0 Å². The number of ether oxygens (including phenoxy) is 2. The van der Waals surface area contributed by atoms with Crippen LogP contribution in [0, 0.1) is 0 Å². The van der Waals surface area contributed by atoms with E-state index in [0.29, 0.717) is 18.7 Å². The Labute approximate surface area is 146 Å². The lowest BCUT2D eigenvalue weighted by Crippen LogP contribution is -2.24. The van der Waals surface area contributed by atoms with Gasteiger partial charge in [0.15, 0.2) is 0 Å². The van der Waals surface area contributed by atoms with Gasteiger partial charge in [-0.2, -0.15) is 0 Å². The molecule has 0 radical (unpaired) electrons. The molecule has 7 heteroatoms. The van der Waals surface area contributed by atoms with Crippen LogP contribution in [-0.2, 0) is 23.1 Å². The lowest BCUT2D eigenvalue weighted by Gasteiger charge is -2.05. The quantitative estimate of drug-likeness (QED) is 0.617. The van der Waals surface area contributed by atoms with Gasteiger partial charge in [0.05, 0.1) is 12.8 Å². The lowest BCUT2D eigenvalue weighted by atomic mass is 10.2. The second-order valence-electron chi connectivity index (χ2n) is 5.27. The Morgan fingerprint density at radius 3 is 2.76 bits per heavy atom. The minimum Gasteiger partial charge on any atom is -0.463 e. The molecule has 0 aliphatic rings. The van der Waals surface area contributed by atoms with Crippen LogP contribution < -0.4 is 5.32 Å². The van der Waals surface area contributed by atoms with E-state index in [-0.39, 0.29) is 12.4 Å². The molecule has 0 fully saturated rings. The van der Waals surface area contributed by atoms with Crippen LogP contribution >= 0.6 is 0 Å². The van der Waals surface area contributed by atoms with Crippen LogP contribution in [0.15, 0.2) is 42.6 Å². The van der Waals surface area contributed by atoms with Gasteiger partial charge in [0.25, 0.3) is 0 Å². The Morgan fingerprint density at radius 2 is 2.04 bits per heavy atom. The summed E-state index contributed by atoms with van der Waals surface area (Å²) < 4.78 is 11.4. The Kier molecular flexibility index (Phi) is 6.76. The first kappa shape index (κ1) is 18.3. The number of imidazole rings is 1. The van der Waals surface area contributed by atoms with Crippen molar-refractivity contribution in [2.75, 3.05) is 13.7 Å². The van der Waals surface area contributed by atoms with E-state index in [1.165, 1.54) is 7.11 Å². The third-order valence-electron chi connectivity index (χ3n) is 3.34. The summed E-state index contributed by atoms with van der Waals surface area (Å²) in [6.45, 7) is 0.688. The predicted molar refractivity (Wildman–Crippen MR) is 92.8 cm³/mol. The molecule has 0 unspecified atom stereocenters. The average molecular weight is 343 g/mol. The van der Waals surface area contributed by atoms with Crippen molar-refractivity contribution in [1.82, 2.24) is 14.9 Å². The molecular weight excluding hydrogens is 322 g/mol. The highest BCUT2D eigenvalue weighted by atomic mass is 16.5. The molecule has 1 amide bonds. The number of hydrogen-bond donors (Lipinski definition) is 1. The predicted octanol–water partition coefficient (Wildman–Crippen LogP) is 2.54. The molecule has 1 aromatic carbocycles. The zero-order chi connectivity index (χ0) is 18.1. The second-order valence-corrected chi connectivity index (χ2v) is 5.27. The van der Waals surface area contributed by atoms with Gasteiger partial charge >= 0.3 is 12.1 Å². The Bertz CT molecular complexity index is 738. The fourth-order valence-electron chi connectivity index (χ4n) is 2.09. The largest absolute Gasteiger partial charge is 0.463 e. The number of carbonyl (C=O) groups is 2. The smallest absolute Gasteiger partial charge is 0.407 e. The van der Waals surface area contributed by atoms with Crippen molar-refractivity contribution < 1.29 is 19.1 Å². The van der Waals surface area contributed by atoms with Gasteiger partial charge in [0.1, 0.15) is 6.61 Å². The molecule has 0 aliphatic carbocycles. The molecule has 1 heterocycles. The number of aryl methyl sites for hydroxylation is 1. The van der Waals surface area contributed by atoms with Crippen molar-refractivity contribution in [3.05, 3.63) is 59.7 Å². The molecule has 0 spiro atoms. The SMILES string of the molecule is COC(=O)c1nc(C=CCCNC(=O)OCc2ccccc2)cn1C. The van der Waals surface area contributed by atoms with Crippen LogP contribution in [0.3, 0.4) is 0 Å². The molecule has 7 nitrogen and oxygen atoms in total. The highest BCUT2D eigenvalue weighted by Gasteiger charge is 2.12. The summed E-state index contributed by atoms with van der Waals surface area (Å²) in [5.41, 5.74) is 1.59. The number of nitrogens with zero attached hydrogens (tertiary/aromatic N) is 2. The minimum absolute atomic E-state index is 0.241. The fraction of sp³-hybridized carbons (Fsp3) is 0.278. The molecule has 2 rings (SSSR count). The number of rotatable bonds is 7. The summed E-state index contributed by atoms with van der Waals surface area (Å²) in [6.07, 6.45) is 5.53. The van der Waals surface area contributed by atoms with Crippen LogP contribution in [0.1, 0.15) is 28.3 Å². The summed E-state index contributed by atoms with van der Waals surface area (Å²) in [7, 11) is 3.04. The topological polar surface area (TPSA) is 82.4 Å². The first-order valence-electron chi connectivity index (χ1n) is 7.83. The van der Waals surface area contributed by atoms with Gasteiger partial charge in [-0.1, -0.05) is 36.4 Å². The number of carbonyl (C=O) groups excluding carboxylic acids is 2. The summed E-state index contributed by atoms with van der Waals surface area (Å²) >= 11 is 0. The Balaban J connectivity index is 1.69. The van der Waals surface area contributed by atoms with Gasteiger partial charge < -0.3 is 19.4 Å². The van der Waals surface area contributed by atoms with Gasteiger partial charge in [0.2, 0.25) is 5.82 Å². The monoisotopic (exact) mass is 343 g/mol. The Hall–Kier alpha value is -3.09. The summed E-state index contributed by atoms with van der Waals surface area (Å²) in [4.78, 5) is 27.2. The second kappa shape index (κ2) is 9.27. The zero-order valence-electron chi connectivity index (χ0n) is 14.3. The number of amides is 1. The average Bonchev–Trinajstić information content (AvgIpc) is 3.00. The maximum Gasteiger partial charge on any atom is 0.407 e. The summed E-state index contributed by atoms with van der Waals surface area (Å²) in [5, 5.41) is 2.67. The minimum atomic E-state index is -0.482. The van der Waals surface area contributed by atoms with E-state index in [1.807, 2.05) is 36.4 Å². The van der Waals surface area contributed by atoms with Crippen LogP contribution in [-0.4, -0.2) is 35.3 Å². The van der Waals surface area contributed by atoms with Crippen LogP contribution in [0.2, 0.25) is 0 Å². The van der Waals surface area contributed by atoms with Gasteiger partial charge in [0, 0.05) is 19.8 Å². The molecule has 1 N–H and O–H groups in total. The first-order valence-corrected chi connectivity index (χ1v) is 7.83. The number of aromatic nitrogens is 2. The number of benzene rings is 1. The molecule has 1 aromatic heterocycles. The molecule has 0 saturated carbocycles. The van der Waals surface area contributed by atoms with Gasteiger partial charge in [-0.15, -0.1) is 0 Å². The highest BCUT2D eigenvalue weighted by molar-refractivity contribution is 5.85. The number of alkyl carbamates (subject to hydrolysis) is 1. The first-order chi connectivity index (χ1) is 12.1. The number of hydrogen-bond acceptors (Lipinski definition) is 5. The third-order valence-corrected chi connectivity index (χ3v) is 3.34. The van der Waals surface area contributed by atoms with Gasteiger partial charge in [-0.3, -0.25) is 0 Å². The molecule has 0 saturated heterocycles. The molecule has 0 aliphatic heterocycles. The zero-order valence-corrected chi connectivity index (χ0v) is 14.3. The van der Waals surface area contributed by atoms with Crippen molar-refractivity contribution in [3.8, 4) is 0 Å². The van der Waals surface area contributed by atoms with E-state index < -0.39 is 12.1 Å². The van der Waals surface area contributed by atoms with Crippen LogP contribution in [0.4, 0.5) is 4.79 Å². The van der Waals surface area contributed by atoms with E-state index in [9.17, 15) is 9.59 Å². The number of nitrogens with one attached hydrogen (secondary N) is 1. The standard InChI is InChI=1S/C18H21N3O4/c1-21-12-15(20-16(21)17(22)24-2)10-6-7-11-19-18(23)25-13-14-8-4-3-5-9-14/h3-6,8-10,12H,7,11,13H2,1-2H3,(H,19,23). The molecule has 0 atom stereocenters. The molecule has 132 valence electrons. The normalized spacial score (nSPS) is 10.6. The van der Waals surface area contributed by atoms with Crippen molar-refractivity contribution in [3.63, 3.8) is 0 Å². The van der Waals surface area contributed by atoms with E-state index in [1.54, 1.807) is 23.9 Å². The van der Waals surface area contributed by atoms with Crippen molar-refractivity contribution >= 4 is 18.1 Å². The van der Waals surface area contributed by atoms with Crippen LogP contribution in [0.5, 0.6) is 0 Å². The summed E-state index contributed by atoms with van der Waals surface area (Å²) in [5.74, 6) is -0.241. The number of methoxy groups -OCH3 is 1. The van der Waals surface area contributed by atoms with Crippen molar-refractivity contribution in [2.24, 2.45) is 7.05 Å². The fourth-order valence-corrected chi connectivity index (χ4v) is 2.09. The number of esters is 1. The van der Waals surface area contributed by atoms with Gasteiger partial charge in [-0.25, -0.2) is 14.6 Å².